The number of benzene rings is 1. The normalized spacial score (nSPS) is 10.5. The minimum absolute atomic E-state index is 0.354. The molecule has 3 rings (SSSR count). The summed E-state index contributed by atoms with van der Waals surface area (Å²) in [6, 6.07) is 15.8. The van der Waals surface area contributed by atoms with Crippen molar-refractivity contribution in [1.82, 2.24) is 4.98 Å². The fourth-order valence-electron chi connectivity index (χ4n) is 2.29. The molecule has 21 heavy (non-hydrogen) atoms. The minimum atomic E-state index is 0.354. The number of carbonyl (C=O) groups is 1. The fourth-order valence-corrected chi connectivity index (χ4v) is 2.29. The number of rotatable bonds is 5. The molecule has 0 spiro atoms. The molecule has 104 valence electrons. The lowest BCUT2D eigenvalue weighted by atomic mass is 10.0. The predicted octanol–water partition coefficient (Wildman–Crippen LogP) is 3.94. The van der Waals surface area contributed by atoms with Gasteiger partial charge < -0.3 is 4.42 Å². The van der Waals surface area contributed by atoms with Crippen molar-refractivity contribution in [2.24, 2.45) is 0 Å². The summed E-state index contributed by atoms with van der Waals surface area (Å²) in [5.41, 5.74) is 3.51. The number of aldehydes is 1. The first-order chi connectivity index (χ1) is 10.3. The van der Waals surface area contributed by atoms with Gasteiger partial charge in [-0.2, -0.15) is 0 Å². The van der Waals surface area contributed by atoms with E-state index in [1.807, 2.05) is 42.7 Å². The zero-order chi connectivity index (χ0) is 14.5. The lowest BCUT2D eigenvalue weighted by Gasteiger charge is -2.04. The number of furan rings is 1. The van der Waals surface area contributed by atoms with Gasteiger partial charge in [0.25, 0.3) is 0 Å². The molecule has 0 bridgehead atoms. The van der Waals surface area contributed by atoms with E-state index in [-0.39, 0.29) is 0 Å². The maximum Gasteiger partial charge on any atom is 0.185 e. The quantitative estimate of drug-likeness (QED) is 0.663. The van der Waals surface area contributed by atoms with Crippen molar-refractivity contribution >= 4 is 6.29 Å². The molecule has 3 aromatic rings. The Morgan fingerprint density at radius 1 is 0.952 bits per heavy atom. The van der Waals surface area contributed by atoms with E-state index in [0.29, 0.717) is 5.76 Å². The number of pyridine rings is 1. The second-order valence-corrected chi connectivity index (χ2v) is 4.88. The van der Waals surface area contributed by atoms with Crippen molar-refractivity contribution in [1.29, 1.82) is 0 Å². The second kappa shape index (κ2) is 6.18. The van der Waals surface area contributed by atoms with Gasteiger partial charge in [-0.15, -0.1) is 0 Å². The standard InChI is InChI=1S/C18H15NO2/c20-13-17-6-7-18(21-17)16-3-1-2-15(12-16)5-4-14-8-10-19-11-9-14/h1-3,6-13H,4-5H2. The summed E-state index contributed by atoms with van der Waals surface area (Å²) in [6.07, 6.45) is 6.28. The molecule has 2 heterocycles. The van der Waals surface area contributed by atoms with Crippen LogP contribution in [-0.4, -0.2) is 11.3 Å². The zero-order valence-electron chi connectivity index (χ0n) is 11.5. The van der Waals surface area contributed by atoms with Crippen LogP contribution in [0.4, 0.5) is 0 Å². The van der Waals surface area contributed by atoms with Crippen LogP contribution in [0.2, 0.25) is 0 Å². The second-order valence-electron chi connectivity index (χ2n) is 4.88. The first-order valence-corrected chi connectivity index (χ1v) is 6.88. The van der Waals surface area contributed by atoms with E-state index in [1.54, 1.807) is 6.07 Å². The van der Waals surface area contributed by atoms with Gasteiger partial charge in [0.05, 0.1) is 0 Å². The van der Waals surface area contributed by atoms with Crippen LogP contribution in [0.5, 0.6) is 0 Å². The number of nitrogens with zero attached hydrogens (tertiary/aromatic N) is 1. The topological polar surface area (TPSA) is 43.1 Å². The molecule has 0 aliphatic rings. The highest BCUT2D eigenvalue weighted by molar-refractivity contribution is 5.72. The molecule has 0 N–H and O–H groups in total. The van der Waals surface area contributed by atoms with Gasteiger partial charge in [0.15, 0.2) is 12.0 Å². The Morgan fingerprint density at radius 2 is 1.76 bits per heavy atom. The number of hydrogen-bond donors (Lipinski definition) is 0. The van der Waals surface area contributed by atoms with Crippen molar-refractivity contribution in [2.75, 3.05) is 0 Å². The van der Waals surface area contributed by atoms with Gasteiger partial charge in [-0.3, -0.25) is 9.78 Å². The van der Waals surface area contributed by atoms with Crippen LogP contribution >= 0.6 is 0 Å². The predicted molar refractivity (Wildman–Crippen MR) is 81.2 cm³/mol. The third-order valence-corrected chi connectivity index (χ3v) is 3.41. The number of carbonyl (C=O) groups excluding carboxylic acids is 1. The Balaban J connectivity index is 1.75. The molecule has 0 amide bonds. The molecule has 0 saturated heterocycles. The van der Waals surface area contributed by atoms with Gasteiger partial charge in [-0.05, 0) is 54.3 Å². The summed E-state index contributed by atoms with van der Waals surface area (Å²) in [6.45, 7) is 0. The van der Waals surface area contributed by atoms with Crippen LogP contribution in [0.1, 0.15) is 21.7 Å². The zero-order valence-corrected chi connectivity index (χ0v) is 11.5. The highest BCUT2D eigenvalue weighted by Gasteiger charge is 2.05. The molecule has 0 saturated carbocycles. The molecule has 0 radical (unpaired) electrons. The largest absolute Gasteiger partial charge is 0.453 e. The van der Waals surface area contributed by atoms with Crippen LogP contribution in [0.25, 0.3) is 11.3 Å². The van der Waals surface area contributed by atoms with Crippen molar-refractivity contribution in [3.63, 3.8) is 0 Å². The average molecular weight is 277 g/mol. The Morgan fingerprint density at radius 3 is 2.52 bits per heavy atom. The van der Waals surface area contributed by atoms with E-state index in [1.165, 1.54) is 11.1 Å². The molecule has 3 heteroatoms. The first kappa shape index (κ1) is 13.3. The van der Waals surface area contributed by atoms with Gasteiger partial charge in [0.1, 0.15) is 5.76 Å². The molecule has 3 nitrogen and oxygen atoms in total. The minimum Gasteiger partial charge on any atom is -0.453 e. The average Bonchev–Trinajstić information content (AvgIpc) is 3.03. The van der Waals surface area contributed by atoms with Crippen LogP contribution in [-0.2, 0) is 12.8 Å². The lowest BCUT2D eigenvalue weighted by Crippen LogP contribution is -1.91. The molecular formula is C18H15NO2. The van der Waals surface area contributed by atoms with Crippen LogP contribution in [0.15, 0.2) is 65.3 Å². The smallest absolute Gasteiger partial charge is 0.185 e. The SMILES string of the molecule is O=Cc1ccc(-c2cccc(CCc3ccncc3)c2)o1. The number of aromatic nitrogens is 1. The van der Waals surface area contributed by atoms with Crippen LogP contribution in [0, 0.1) is 0 Å². The van der Waals surface area contributed by atoms with Crippen molar-refractivity contribution in [3.05, 3.63) is 77.8 Å². The lowest BCUT2D eigenvalue weighted by molar-refractivity contribution is 0.110. The molecular weight excluding hydrogens is 262 g/mol. The van der Waals surface area contributed by atoms with Crippen molar-refractivity contribution in [3.8, 4) is 11.3 Å². The van der Waals surface area contributed by atoms with Gasteiger partial charge in [0, 0.05) is 18.0 Å². The molecule has 2 aromatic heterocycles. The van der Waals surface area contributed by atoms with E-state index in [0.717, 1.165) is 30.5 Å². The highest BCUT2D eigenvalue weighted by atomic mass is 16.3. The number of aryl methyl sites for hydroxylation is 2. The number of hydrogen-bond acceptors (Lipinski definition) is 3. The summed E-state index contributed by atoms with van der Waals surface area (Å²) in [4.78, 5) is 14.7. The molecule has 1 aromatic carbocycles. The van der Waals surface area contributed by atoms with Crippen molar-refractivity contribution < 1.29 is 9.21 Å². The summed E-state index contributed by atoms with van der Waals surface area (Å²) < 4.78 is 5.46. The first-order valence-electron chi connectivity index (χ1n) is 6.88. The summed E-state index contributed by atoms with van der Waals surface area (Å²) >= 11 is 0. The third kappa shape index (κ3) is 3.26. The maximum absolute atomic E-state index is 10.7. The molecule has 0 aliphatic carbocycles. The van der Waals surface area contributed by atoms with Crippen LogP contribution in [0.3, 0.4) is 0 Å². The Kier molecular flexibility index (Phi) is 3.92. The Hall–Kier alpha value is -2.68. The fraction of sp³-hybridized carbons (Fsp3) is 0.111. The van der Waals surface area contributed by atoms with E-state index >= 15 is 0 Å². The molecule has 0 fully saturated rings. The van der Waals surface area contributed by atoms with E-state index in [9.17, 15) is 4.79 Å². The van der Waals surface area contributed by atoms with Gasteiger partial charge in [-0.25, -0.2) is 0 Å². The van der Waals surface area contributed by atoms with Gasteiger partial charge in [0.2, 0.25) is 0 Å². The summed E-state index contributed by atoms with van der Waals surface area (Å²) in [7, 11) is 0. The summed E-state index contributed by atoms with van der Waals surface area (Å²) in [5, 5.41) is 0. The monoisotopic (exact) mass is 277 g/mol. The Bertz CT molecular complexity index is 732. The summed E-state index contributed by atoms with van der Waals surface area (Å²) in [5.74, 6) is 1.08. The third-order valence-electron chi connectivity index (χ3n) is 3.41. The van der Waals surface area contributed by atoms with Crippen molar-refractivity contribution in [2.45, 2.75) is 12.8 Å². The van der Waals surface area contributed by atoms with E-state index in [4.69, 9.17) is 4.42 Å². The van der Waals surface area contributed by atoms with E-state index < -0.39 is 0 Å². The molecule has 0 unspecified atom stereocenters. The van der Waals surface area contributed by atoms with Gasteiger partial charge >= 0.3 is 0 Å². The molecule has 0 aliphatic heterocycles. The highest BCUT2D eigenvalue weighted by Crippen LogP contribution is 2.23. The molecule has 0 atom stereocenters. The maximum atomic E-state index is 10.7. The van der Waals surface area contributed by atoms with Gasteiger partial charge in [-0.1, -0.05) is 18.2 Å². The van der Waals surface area contributed by atoms with Crippen LogP contribution < -0.4 is 0 Å². The Labute approximate surface area is 123 Å². The van der Waals surface area contributed by atoms with E-state index in [2.05, 4.69) is 17.1 Å².